The van der Waals surface area contributed by atoms with Crippen LogP contribution in [0.25, 0.3) is 0 Å². The fourth-order valence-corrected chi connectivity index (χ4v) is 2.63. The van der Waals surface area contributed by atoms with E-state index in [0.29, 0.717) is 11.8 Å². The second-order valence-corrected chi connectivity index (χ2v) is 5.68. The number of hydrogen-bond acceptors (Lipinski definition) is 3. The molecule has 0 saturated heterocycles. The summed E-state index contributed by atoms with van der Waals surface area (Å²) >= 11 is 1.40. The van der Waals surface area contributed by atoms with Crippen molar-refractivity contribution in [2.24, 2.45) is 0 Å². The summed E-state index contributed by atoms with van der Waals surface area (Å²) in [4.78, 5) is 23.2. The molecule has 1 amide bonds. The smallest absolute Gasteiger partial charge is 0.237 e. The summed E-state index contributed by atoms with van der Waals surface area (Å²) in [7, 11) is 0. The van der Waals surface area contributed by atoms with Crippen molar-refractivity contribution in [3.05, 3.63) is 35.9 Å². The number of amides is 1. The van der Waals surface area contributed by atoms with Gasteiger partial charge in [-0.1, -0.05) is 30.3 Å². The van der Waals surface area contributed by atoms with E-state index in [-0.39, 0.29) is 16.9 Å². The Balaban J connectivity index is 2.05. The van der Waals surface area contributed by atoms with Crippen LogP contribution in [0.15, 0.2) is 30.3 Å². The van der Waals surface area contributed by atoms with Gasteiger partial charge in [0.25, 0.3) is 0 Å². The average Bonchev–Trinajstić information content (AvgIpc) is 3.14. The van der Waals surface area contributed by atoms with E-state index in [1.807, 2.05) is 30.3 Å². The number of nitrogens with one attached hydrogen (secondary N) is 1. The molecule has 1 saturated carbocycles. The standard InChI is InChI=1S/C14H17NO2S/c1-10(16)9-18-13(11-5-3-2-4-6-11)14(17)15-12-7-8-12/h2-6,12-13H,7-9H2,1H3,(H,15,17). The van der Waals surface area contributed by atoms with Gasteiger partial charge in [0.1, 0.15) is 11.0 Å². The molecule has 0 aliphatic heterocycles. The van der Waals surface area contributed by atoms with Crippen LogP contribution in [-0.2, 0) is 9.59 Å². The predicted octanol–water partition coefficient (Wildman–Crippen LogP) is 2.33. The van der Waals surface area contributed by atoms with E-state index in [2.05, 4.69) is 5.32 Å². The maximum absolute atomic E-state index is 12.2. The minimum absolute atomic E-state index is 0.0231. The van der Waals surface area contributed by atoms with Crippen LogP contribution in [0.1, 0.15) is 30.6 Å². The minimum atomic E-state index is -0.282. The molecule has 4 heteroatoms. The Kier molecular flexibility index (Phi) is 4.42. The Labute approximate surface area is 111 Å². The molecule has 0 bridgehead atoms. The first-order valence-electron chi connectivity index (χ1n) is 6.13. The van der Waals surface area contributed by atoms with E-state index in [4.69, 9.17) is 0 Å². The van der Waals surface area contributed by atoms with Crippen LogP contribution in [0.2, 0.25) is 0 Å². The molecule has 1 atom stereocenters. The molecule has 1 aromatic carbocycles. The van der Waals surface area contributed by atoms with Crippen molar-refractivity contribution in [2.45, 2.75) is 31.1 Å². The summed E-state index contributed by atoms with van der Waals surface area (Å²) < 4.78 is 0. The van der Waals surface area contributed by atoms with Gasteiger partial charge in [0.15, 0.2) is 0 Å². The van der Waals surface area contributed by atoms with Crippen LogP contribution in [0, 0.1) is 0 Å². The zero-order valence-electron chi connectivity index (χ0n) is 10.4. The van der Waals surface area contributed by atoms with E-state index in [1.165, 1.54) is 11.8 Å². The number of Topliss-reactive ketones (excluding diaryl/α,β-unsaturated/α-hetero) is 1. The van der Waals surface area contributed by atoms with Crippen molar-refractivity contribution in [3.8, 4) is 0 Å². The second-order valence-electron chi connectivity index (χ2n) is 4.59. The van der Waals surface area contributed by atoms with Gasteiger partial charge in [0, 0.05) is 6.04 Å². The Morgan fingerprint density at radius 3 is 2.56 bits per heavy atom. The predicted molar refractivity (Wildman–Crippen MR) is 73.5 cm³/mol. The third-order valence-corrected chi connectivity index (χ3v) is 4.11. The molecule has 1 N–H and O–H groups in total. The number of benzene rings is 1. The summed E-state index contributed by atoms with van der Waals surface area (Å²) in [5.41, 5.74) is 0.960. The lowest BCUT2D eigenvalue weighted by Gasteiger charge is -2.16. The maximum atomic E-state index is 12.2. The van der Waals surface area contributed by atoms with Gasteiger partial charge in [-0.05, 0) is 25.3 Å². The van der Waals surface area contributed by atoms with Crippen LogP contribution in [0.4, 0.5) is 0 Å². The first-order chi connectivity index (χ1) is 8.66. The first kappa shape index (κ1) is 13.1. The number of ketones is 1. The Morgan fingerprint density at radius 1 is 1.33 bits per heavy atom. The number of carbonyl (C=O) groups is 2. The second kappa shape index (κ2) is 6.05. The molecule has 1 fully saturated rings. The van der Waals surface area contributed by atoms with Crippen molar-refractivity contribution < 1.29 is 9.59 Å². The highest BCUT2D eigenvalue weighted by Gasteiger charge is 2.28. The van der Waals surface area contributed by atoms with E-state index in [9.17, 15) is 9.59 Å². The number of rotatable bonds is 6. The summed E-state index contributed by atoms with van der Waals surface area (Å²) in [6, 6.07) is 9.98. The van der Waals surface area contributed by atoms with Crippen LogP contribution in [-0.4, -0.2) is 23.5 Å². The van der Waals surface area contributed by atoms with Gasteiger partial charge >= 0.3 is 0 Å². The highest BCUT2D eigenvalue weighted by atomic mass is 32.2. The van der Waals surface area contributed by atoms with Gasteiger partial charge in [-0.2, -0.15) is 0 Å². The van der Waals surface area contributed by atoms with Crippen molar-refractivity contribution in [2.75, 3.05) is 5.75 Å². The lowest BCUT2D eigenvalue weighted by atomic mass is 10.1. The average molecular weight is 263 g/mol. The summed E-state index contributed by atoms with van der Waals surface area (Å²) in [6.45, 7) is 1.55. The van der Waals surface area contributed by atoms with Gasteiger partial charge in [0.2, 0.25) is 5.91 Å². The third-order valence-electron chi connectivity index (χ3n) is 2.72. The van der Waals surface area contributed by atoms with E-state index in [1.54, 1.807) is 6.92 Å². The lowest BCUT2D eigenvalue weighted by Crippen LogP contribution is -2.30. The molecule has 0 aromatic heterocycles. The summed E-state index contributed by atoms with van der Waals surface area (Å²) in [5, 5.41) is 2.72. The highest BCUT2D eigenvalue weighted by Crippen LogP contribution is 2.30. The first-order valence-corrected chi connectivity index (χ1v) is 7.18. The largest absolute Gasteiger partial charge is 0.352 e. The van der Waals surface area contributed by atoms with Crippen LogP contribution >= 0.6 is 11.8 Å². The fourth-order valence-electron chi connectivity index (χ4n) is 1.66. The minimum Gasteiger partial charge on any atom is -0.352 e. The van der Waals surface area contributed by atoms with E-state index >= 15 is 0 Å². The molecule has 1 unspecified atom stereocenters. The van der Waals surface area contributed by atoms with Gasteiger partial charge in [0.05, 0.1) is 5.75 Å². The molecule has 0 radical (unpaired) electrons. The Bertz CT molecular complexity index is 429. The van der Waals surface area contributed by atoms with Gasteiger partial charge in [-0.25, -0.2) is 0 Å². The Hall–Kier alpha value is -1.29. The SMILES string of the molecule is CC(=O)CSC(C(=O)NC1CC1)c1ccccc1. The molecule has 18 heavy (non-hydrogen) atoms. The Morgan fingerprint density at radius 2 is 2.00 bits per heavy atom. The molecule has 2 rings (SSSR count). The molecule has 0 spiro atoms. The molecule has 1 aliphatic carbocycles. The van der Waals surface area contributed by atoms with E-state index < -0.39 is 0 Å². The monoisotopic (exact) mass is 263 g/mol. The van der Waals surface area contributed by atoms with Gasteiger partial charge < -0.3 is 5.32 Å². The van der Waals surface area contributed by atoms with Crippen molar-refractivity contribution in [1.82, 2.24) is 5.32 Å². The summed E-state index contributed by atoms with van der Waals surface area (Å²) in [6.07, 6.45) is 2.15. The highest BCUT2D eigenvalue weighted by molar-refractivity contribution is 8.00. The molecule has 1 aromatic rings. The van der Waals surface area contributed by atoms with Crippen molar-refractivity contribution >= 4 is 23.5 Å². The molecular weight excluding hydrogens is 246 g/mol. The lowest BCUT2D eigenvalue weighted by molar-refractivity contribution is -0.120. The molecular formula is C14H17NO2S. The number of carbonyl (C=O) groups excluding carboxylic acids is 2. The van der Waals surface area contributed by atoms with Crippen molar-refractivity contribution in [1.29, 1.82) is 0 Å². The van der Waals surface area contributed by atoms with Gasteiger partial charge in [-0.15, -0.1) is 11.8 Å². The van der Waals surface area contributed by atoms with Crippen LogP contribution < -0.4 is 5.32 Å². The van der Waals surface area contributed by atoms with Crippen LogP contribution in [0.5, 0.6) is 0 Å². The normalized spacial score (nSPS) is 16.1. The molecule has 0 heterocycles. The number of thioether (sulfide) groups is 1. The quantitative estimate of drug-likeness (QED) is 0.857. The van der Waals surface area contributed by atoms with Gasteiger partial charge in [-0.3, -0.25) is 9.59 Å². The van der Waals surface area contributed by atoms with Crippen molar-refractivity contribution in [3.63, 3.8) is 0 Å². The maximum Gasteiger partial charge on any atom is 0.237 e. The van der Waals surface area contributed by atoms with E-state index in [0.717, 1.165) is 18.4 Å². The fraction of sp³-hybridized carbons (Fsp3) is 0.429. The zero-order chi connectivity index (χ0) is 13.0. The zero-order valence-corrected chi connectivity index (χ0v) is 11.2. The molecule has 3 nitrogen and oxygen atoms in total. The third kappa shape index (κ3) is 3.88. The topological polar surface area (TPSA) is 46.2 Å². The number of hydrogen-bond donors (Lipinski definition) is 1. The molecule has 96 valence electrons. The summed E-state index contributed by atoms with van der Waals surface area (Å²) in [5.74, 6) is 0.493. The van der Waals surface area contributed by atoms with Crippen LogP contribution in [0.3, 0.4) is 0 Å². The molecule has 1 aliphatic rings.